The molecule has 0 unspecified atom stereocenters. The lowest BCUT2D eigenvalue weighted by molar-refractivity contribution is -0.127. The number of nitrogens with one attached hydrogen (secondary N) is 3. The molecule has 3 aromatic rings. The van der Waals surface area contributed by atoms with E-state index in [1.54, 1.807) is 31.2 Å². The van der Waals surface area contributed by atoms with Crippen LogP contribution in [0, 0.1) is 0 Å². The summed E-state index contributed by atoms with van der Waals surface area (Å²) < 4.78 is 0. The van der Waals surface area contributed by atoms with E-state index in [9.17, 15) is 19.2 Å². The Labute approximate surface area is 178 Å². The van der Waals surface area contributed by atoms with E-state index < -0.39 is 18.0 Å². The number of fused-ring (bicyclic) bond motifs is 1. The van der Waals surface area contributed by atoms with Crippen molar-refractivity contribution in [3.63, 3.8) is 0 Å². The van der Waals surface area contributed by atoms with Gasteiger partial charge in [-0.2, -0.15) is 0 Å². The van der Waals surface area contributed by atoms with Crippen LogP contribution in [0.4, 0.5) is 10.5 Å². The highest BCUT2D eigenvalue weighted by atomic mass is 16.2. The SMILES string of the molecule is CCC(=O)Nc1ccc(C(=O)CN2C(=O)N[C@H](Cc3c[nH]c4ccccc34)C2=O)cc1. The highest BCUT2D eigenvalue weighted by Crippen LogP contribution is 2.21. The number of hydrogen-bond acceptors (Lipinski definition) is 4. The topological polar surface area (TPSA) is 111 Å². The summed E-state index contributed by atoms with van der Waals surface area (Å²) in [5.74, 6) is -0.903. The number of hydrogen-bond donors (Lipinski definition) is 3. The van der Waals surface area contributed by atoms with E-state index in [1.807, 2.05) is 30.5 Å². The second-order valence-corrected chi connectivity index (χ2v) is 7.39. The minimum Gasteiger partial charge on any atom is -0.361 e. The first kappa shape index (κ1) is 20.3. The van der Waals surface area contributed by atoms with Crippen LogP contribution >= 0.6 is 0 Å². The van der Waals surface area contributed by atoms with Gasteiger partial charge in [0.2, 0.25) is 5.91 Å². The Kier molecular flexibility index (Phi) is 5.53. The van der Waals surface area contributed by atoms with E-state index in [-0.39, 0.29) is 18.2 Å². The molecule has 4 rings (SSSR count). The minimum absolute atomic E-state index is 0.125. The fourth-order valence-electron chi connectivity index (χ4n) is 3.61. The molecule has 1 aliphatic rings. The summed E-state index contributed by atoms with van der Waals surface area (Å²) in [5.41, 5.74) is 2.82. The van der Waals surface area contributed by atoms with Gasteiger partial charge in [-0.05, 0) is 35.9 Å². The number of nitrogens with zero attached hydrogens (tertiary/aromatic N) is 1. The maximum atomic E-state index is 12.8. The van der Waals surface area contributed by atoms with Crippen LogP contribution in [0.25, 0.3) is 10.9 Å². The summed E-state index contributed by atoms with van der Waals surface area (Å²) in [4.78, 5) is 53.3. The standard InChI is InChI=1S/C23H22N4O4/c1-2-21(29)25-16-9-7-14(8-10-16)20(28)13-27-22(30)19(26-23(27)31)11-15-12-24-18-6-4-3-5-17(15)18/h3-10,12,19,24H,2,11,13H2,1H3,(H,25,29)(H,26,31)/t19-/m1/s1. The number of aromatic amines is 1. The van der Waals surface area contributed by atoms with Crippen molar-refractivity contribution in [1.29, 1.82) is 0 Å². The van der Waals surface area contributed by atoms with Crippen LogP contribution < -0.4 is 10.6 Å². The van der Waals surface area contributed by atoms with Crippen LogP contribution in [0.5, 0.6) is 0 Å². The molecule has 0 spiro atoms. The molecular formula is C23H22N4O4. The molecule has 3 N–H and O–H groups in total. The largest absolute Gasteiger partial charge is 0.361 e. The summed E-state index contributed by atoms with van der Waals surface area (Å²) in [6.07, 6.45) is 2.52. The van der Waals surface area contributed by atoms with Crippen LogP contribution in [0.2, 0.25) is 0 Å². The molecule has 1 fully saturated rings. The molecule has 0 bridgehead atoms. The zero-order valence-electron chi connectivity index (χ0n) is 17.0. The van der Waals surface area contributed by atoms with Gasteiger partial charge in [0.1, 0.15) is 6.04 Å². The third-order valence-corrected chi connectivity index (χ3v) is 5.32. The van der Waals surface area contributed by atoms with Gasteiger partial charge in [0.05, 0.1) is 6.54 Å². The molecule has 2 aromatic carbocycles. The Hall–Kier alpha value is -3.94. The lowest BCUT2D eigenvalue weighted by atomic mass is 10.0. The summed E-state index contributed by atoms with van der Waals surface area (Å²) in [6, 6.07) is 12.8. The van der Waals surface area contributed by atoms with E-state index in [4.69, 9.17) is 0 Å². The Morgan fingerprint density at radius 2 is 1.81 bits per heavy atom. The monoisotopic (exact) mass is 418 g/mol. The molecule has 158 valence electrons. The molecule has 1 saturated heterocycles. The number of anilines is 1. The normalized spacial score (nSPS) is 15.9. The third kappa shape index (κ3) is 4.18. The fraction of sp³-hybridized carbons (Fsp3) is 0.217. The van der Waals surface area contributed by atoms with Crippen LogP contribution in [-0.4, -0.2) is 46.1 Å². The average molecular weight is 418 g/mol. The van der Waals surface area contributed by atoms with Crippen LogP contribution in [-0.2, 0) is 16.0 Å². The van der Waals surface area contributed by atoms with Crippen molar-refractivity contribution >= 4 is 40.2 Å². The molecule has 1 aromatic heterocycles. The molecule has 31 heavy (non-hydrogen) atoms. The molecule has 2 heterocycles. The number of urea groups is 1. The number of para-hydroxylation sites is 1. The molecule has 0 aliphatic carbocycles. The van der Waals surface area contributed by atoms with E-state index in [0.29, 0.717) is 24.1 Å². The molecule has 1 aliphatic heterocycles. The number of H-pyrrole nitrogens is 1. The lowest BCUT2D eigenvalue weighted by Gasteiger charge is -2.12. The zero-order chi connectivity index (χ0) is 22.0. The molecule has 0 saturated carbocycles. The first-order chi connectivity index (χ1) is 15.0. The highest BCUT2D eigenvalue weighted by Gasteiger charge is 2.39. The number of carbonyl (C=O) groups is 4. The average Bonchev–Trinajstić information content (AvgIpc) is 3.30. The summed E-state index contributed by atoms with van der Waals surface area (Å²) >= 11 is 0. The van der Waals surface area contributed by atoms with Gasteiger partial charge in [-0.1, -0.05) is 25.1 Å². The van der Waals surface area contributed by atoms with Crippen LogP contribution in [0.1, 0.15) is 29.3 Å². The first-order valence-corrected chi connectivity index (χ1v) is 10.1. The highest BCUT2D eigenvalue weighted by molar-refractivity contribution is 6.09. The van der Waals surface area contributed by atoms with Gasteiger partial charge in [-0.15, -0.1) is 0 Å². The smallest absolute Gasteiger partial charge is 0.325 e. The van der Waals surface area contributed by atoms with E-state index in [1.165, 1.54) is 0 Å². The second kappa shape index (κ2) is 8.43. The zero-order valence-corrected chi connectivity index (χ0v) is 17.0. The number of imide groups is 1. The first-order valence-electron chi connectivity index (χ1n) is 10.1. The lowest BCUT2D eigenvalue weighted by Crippen LogP contribution is -2.36. The van der Waals surface area contributed by atoms with Gasteiger partial charge < -0.3 is 15.6 Å². The number of aromatic nitrogens is 1. The second-order valence-electron chi connectivity index (χ2n) is 7.39. The predicted molar refractivity (Wildman–Crippen MR) is 116 cm³/mol. The third-order valence-electron chi connectivity index (χ3n) is 5.32. The maximum absolute atomic E-state index is 12.8. The Morgan fingerprint density at radius 1 is 1.06 bits per heavy atom. The summed E-state index contributed by atoms with van der Waals surface area (Å²) in [5, 5.41) is 6.37. The van der Waals surface area contributed by atoms with Crippen molar-refractivity contribution in [2.75, 3.05) is 11.9 Å². The molecule has 8 heteroatoms. The molecule has 8 nitrogen and oxygen atoms in total. The minimum atomic E-state index is -0.717. The van der Waals surface area contributed by atoms with Gasteiger partial charge in [-0.25, -0.2) is 4.79 Å². The Morgan fingerprint density at radius 3 is 2.55 bits per heavy atom. The number of ketones is 1. The van der Waals surface area contributed by atoms with Gasteiger partial charge >= 0.3 is 6.03 Å². The molecule has 0 radical (unpaired) electrons. The number of benzene rings is 2. The van der Waals surface area contributed by atoms with E-state index in [0.717, 1.165) is 21.4 Å². The van der Waals surface area contributed by atoms with Crippen LogP contribution in [0.15, 0.2) is 54.7 Å². The quantitative estimate of drug-likeness (QED) is 0.405. The van der Waals surface area contributed by atoms with Crippen molar-refractivity contribution < 1.29 is 19.2 Å². The number of Topliss-reactive ketones (excluding diaryl/α,β-unsaturated/α-hetero) is 1. The number of rotatable bonds is 7. The predicted octanol–water partition coefficient (Wildman–Crippen LogP) is 2.86. The summed E-state index contributed by atoms with van der Waals surface area (Å²) in [7, 11) is 0. The molecular weight excluding hydrogens is 396 g/mol. The molecule has 4 amide bonds. The van der Waals surface area contributed by atoms with Gasteiger partial charge in [0.15, 0.2) is 5.78 Å². The van der Waals surface area contributed by atoms with Crippen molar-refractivity contribution in [2.24, 2.45) is 0 Å². The fourth-order valence-corrected chi connectivity index (χ4v) is 3.61. The van der Waals surface area contributed by atoms with Crippen molar-refractivity contribution in [2.45, 2.75) is 25.8 Å². The van der Waals surface area contributed by atoms with Gasteiger partial charge in [-0.3, -0.25) is 19.3 Å². The Balaban J connectivity index is 1.42. The van der Waals surface area contributed by atoms with Crippen molar-refractivity contribution in [3.8, 4) is 0 Å². The van der Waals surface area contributed by atoms with E-state index >= 15 is 0 Å². The van der Waals surface area contributed by atoms with Gasteiger partial charge in [0, 0.05) is 41.2 Å². The van der Waals surface area contributed by atoms with Crippen molar-refractivity contribution in [1.82, 2.24) is 15.2 Å². The maximum Gasteiger partial charge on any atom is 0.325 e. The number of carbonyl (C=O) groups excluding carboxylic acids is 4. The number of amides is 4. The van der Waals surface area contributed by atoms with Crippen LogP contribution in [0.3, 0.4) is 0 Å². The Bertz CT molecular complexity index is 1170. The van der Waals surface area contributed by atoms with E-state index in [2.05, 4.69) is 15.6 Å². The summed E-state index contributed by atoms with van der Waals surface area (Å²) in [6.45, 7) is 1.41. The molecule has 1 atom stereocenters. The van der Waals surface area contributed by atoms with Crippen molar-refractivity contribution in [3.05, 3.63) is 65.9 Å². The van der Waals surface area contributed by atoms with Gasteiger partial charge in [0.25, 0.3) is 5.91 Å².